The zero-order valence-corrected chi connectivity index (χ0v) is 20.8. The van der Waals surface area contributed by atoms with Gasteiger partial charge in [-0.1, -0.05) is 71.1 Å². The van der Waals surface area contributed by atoms with Gasteiger partial charge in [0.15, 0.2) is 0 Å². The van der Waals surface area contributed by atoms with Crippen LogP contribution in [0.5, 0.6) is 0 Å². The predicted octanol–water partition coefficient (Wildman–Crippen LogP) is 4.94. The van der Waals surface area contributed by atoms with Gasteiger partial charge in [0.2, 0.25) is 5.91 Å². The smallest absolute Gasteiger partial charge is 0.264 e. The van der Waals surface area contributed by atoms with Crippen LogP contribution in [0.3, 0.4) is 0 Å². The molecular weight excluding hydrogens is 400 g/mol. The predicted molar refractivity (Wildman–Crippen MR) is 126 cm³/mol. The number of unbranched alkanes of at least 4 members (excludes halogenated alkanes) is 11. The van der Waals surface area contributed by atoms with E-state index in [1.54, 1.807) is 0 Å². The summed E-state index contributed by atoms with van der Waals surface area (Å²) in [5.41, 5.74) is 0. The summed E-state index contributed by atoms with van der Waals surface area (Å²) in [7, 11) is 0.376. The summed E-state index contributed by atoms with van der Waals surface area (Å²) in [5.74, 6) is -0.00774. The Hall–Kier alpha value is -0.660. The number of carbonyl (C=O) groups is 1. The van der Waals surface area contributed by atoms with Crippen molar-refractivity contribution in [2.75, 3.05) is 39.5 Å². The van der Waals surface area contributed by atoms with Crippen LogP contribution in [0.25, 0.3) is 0 Å². The summed E-state index contributed by atoms with van der Waals surface area (Å²) in [5, 5.41) is 3.02. The average Bonchev–Trinajstić information content (AvgIpc) is 2.66. The molecule has 0 aromatic carbocycles. The molecular formula is C23H49N2O4S+. The van der Waals surface area contributed by atoms with Crippen molar-refractivity contribution in [2.45, 2.75) is 103 Å². The number of carbonyl (C=O) groups excluding carboxylic acids is 1. The molecule has 0 aromatic rings. The maximum atomic E-state index is 11.9. The minimum absolute atomic E-state index is 0.157. The molecule has 0 saturated carbocycles. The molecule has 0 aromatic heterocycles. The third kappa shape index (κ3) is 22.0. The Morgan fingerprint density at radius 1 is 0.767 bits per heavy atom. The lowest BCUT2D eigenvalue weighted by atomic mass is 10.1. The topological polar surface area (TPSA) is 83.5 Å². The number of nitrogens with zero attached hydrogens (tertiary/aromatic N) is 1. The molecule has 0 fully saturated rings. The quantitative estimate of drug-likeness (QED) is 0.148. The molecule has 0 unspecified atom stereocenters. The lowest BCUT2D eigenvalue weighted by molar-refractivity contribution is -0.890. The van der Waals surface area contributed by atoms with Gasteiger partial charge in [-0.2, -0.15) is 8.42 Å². The van der Waals surface area contributed by atoms with Crippen molar-refractivity contribution < 1.29 is 22.2 Å². The number of hydrogen-bond acceptors (Lipinski definition) is 3. The summed E-state index contributed by atoms with van der Waals surface area (Å²) in [4.78, 5) is 11.9. The Labute approximate surface area is 186 Å². The number of quaternary nitrogens is 1. The van der Waals surface area contributed by atoms with Gasteiger partial charge >= 0.3 is 0 Å². The lowest BCUT2D eigenvalue weighted by Crippen LogP contribution is -2.42. The lowest BCUT2D eigenvalue weighted by Gasteiger charge is -2.29. The molecule has 1 amide bonds. The summed E-state index contributed by atoms with van der Waals surface area (Å²) in [6.45, 7) is 4.75. The molecule has 0 radical (unpaired) electrons. The van der Waals surface area contributed by atoms with E-state index in [9.17, 15) is 13.2 Å². The van der Waals surface area contributed by atoms with Crippen molar-refractivity contribution in [1.82, 2.24) is 5.32 Å². The highest BCUT2D eigenvalue weighted by molar-refractivity contribution is 7.85. The van der Waals surface area contributed by atoms with Crippen LogP contribution in [0.1, 0.15) is 103 Å². The SMILES string of the molecule is CCCCCCCCCCCCCC(=O)NCCC[N+](C)(C)CCCCS(=O)(=O)O. The minimum atomic E-state index is -3.85. The molecule has 0 bridgehead atoms. The fraction of sp³-hybridized carbons (Fsp3) is 0.957. The average molecular weight is 450 g/mol. The maximum Gasteiger partial charge on any atom is 0.264 e. The summed E-state index contributed by atoms with van der Waals surface area (Å²) < 4.78 is 31.0. The molecule has 0 heterocycles. The van der Waals surface area contributed by atoms with Crippen LogP contribution in [0.2, 0.25) is 0 Å². The first-order valence-corrected chi connectivity index (χ1v) is 13.8. The van der Waals surface area contributed by atoms with E-state index >= 15 is 0 Å². The van der Waals surface area contributed by atoms with Crippen molar-refractivity contribution in [3.05, 3.63) is 0 Å². The van der Waals surface area contributed by atoms with Crippen LogP contribution >= 0.6 is 0 Å². The van der Waals surface area contributed by atoms with Gasteiger partial charge in [-0.15, -0.1) is 0 Å². The molecule has 2 N–H and O–H groups in total. The first kappa shape index (κ1) is 29.3. The minimum Gasteiger partial charge on any atom is -0.356 e. The van der Waals surface area contributed by atoms with Gasteiger partial charge in [0.1, 0.15) is 0 Å². The monoisotopic (exact) mass is 449 g/mol. The van der Waals surface area contributed by atoms with E-state index in [0.717, 1.165) is 43.3 Å². The van der Waals surface area contributed by atoms with E-state index < -0.39 is 10.1 Å². The van der Waals surface area contributed by atoms with Gasteiger partial charge in [0, 0.05) is 19.4 Å². The van der Waals surface area contributed by atoms with E-state index in [2.05, 4.69) is 26.3 Å². The second kappa shape index (κ2) is 18.0. The fourth-order valence-electron chi connectivity index (χ4n) is 3.71. The van der Waals surface area contributed by atoms with Crippen molar-refractivity contribution in [1.29, 1.82) is 0 Å². The van der Waals surface area contributed by atoms with Gasteiger partial charge in [-0.3, -0.25) is 9.35 Å². The Morgan fingerprint density at radius 3 is 1.80 bits per heavy atom. The Kier molecular flexibility index (Phi) is 17.6. The third-order valence-corrected chi connectivity index (χ3v) is 6.49. The third-order valence-electron chi connectivity index (χ3n) is 5.69. The molecule has 7 heteroatoms. The van der Waals surface area contributed by atoms with Gasteiger partial charge in [0.05, 0.1) is 32.9 Å². The largest absolute Gasteiger partial charge is 0.356 e. The van der Waals surface area contributed by atoms with E-state index in [1.165, 1.54) is 57.8 Å². The number of rotatable bonds is 21. The molecule has 0 spiro atoms. The molecule has 0 saturated heterocycles. The Balaban J connectivity index is 3.50. The van der Waals surface area contributed by atoms with Crippen LogP contribution < -0.4 is 5.32 Å². The highest BCUT2D eigenvalue weighted by atomic mass is 32.2. The number of amides is 1. The van der Waals surface area contributed by atoms with Gasteiger partial charge < -0.3 is 9.80 Å². The fourth-order valence-corrected chi connectivity index (χ4v) is 4.28. The summed E-state index contributed by atoms with van der Waals surface area (Å²) in [6, 6.07) is 0. The van der Waals surface area contributed by atoms with Crippen LogP contribution in [0, 0.1) is 0 Å². The zero-order valence-electron chi connectivity index (χ0n) is 20.0. The van der Waals surface area contributed by atoms with Crippen LogP contribution in [0.4, 0.5) is 0 Å². The Bertz CT molecular complexity index is 521. The van der Waals surface area contributed by atoms with Crippen molar-refractivity contribution in [3.63, 3.8) is 0 Å². The van der Waals surface area contributed by atoms with Crippen LogP contribution in [-0.2, 0) is 14.9 Å². The van der Waals surface area contributed by atoms with Crippen molar-refractivity contribution in [3.8, 4) is 0 Å². The molecule has 0 aliphatic carbocycles. The maximum absolute atomic E-state index is 11.9. The van der Waals surface area contributed by atoms with E-state index in [4.69, 9.17) is 4.55 Å². The van der Waals surface area contributed by atoms with E-state index in [0.29, 0.717) is 19.4 Å². The van der Waals surface area contributed by atoms with Crippen LogP contribution in [0.15, 0.2) is 0 Å². The van der Waals surface area contributed by atoms with Gasteiger partial charge in [0.25, 0.3) is 10.1 Å². The van der Waals surface area contributed by atoms with E-state index in [-0.39, 0.29) is 11.7 Å². The first-order chi connectivity index (χ1) is 14.2. The number of hydrogen-bond donors (Lipinski definition) is 2. The van der Waals surface area contributed by atoms with Gasteiger partial charge in [-0.25, -0.2) is 0 Å². The molecule has 30 heavy (non-hydrogen) atoms. The van der Waals surface area contributed by atoms with Gasteiger partial charge in [-0.05, 0) is 19.3 Å². The van der Waals surface area contributed by atoms with Crippen molar-refractivity contribution >= 4 is 16.0 Å². The van der Waals surface area contributed by atoms with Crippen molar-refractivity contribution in [2.24, 2.45) is 0 Å². The standard InChI is InChI=1S/C23H48N2O4S/c1-4-5-6-7-8-9-10-11-12-13-14-18-23(26)24-19-17-21-25(2,3)20-15-16-22-30(27,28)29/h4-22H2,1-3H3,(H-,24,26,27,28,29)/p+1. The first-order valence-electron chi connectivity index (χ1n) is 12.2. The molecule has 180 valence electrons. The second-order valence-corrected chi connectivity index (χ2v) is 10.9. The molecule has 0 aliphatic rings. The van der Waals surface area contributed by atoms with Crippen LogP contribution in [-0.4, -0.2) is 62.8 Å². The zero-order chi connectivity index (χ0) is 22.7. The second-order valence-electron chi connectivity index (χ2n) is 9.37. The highest BCUT2D eigenvalue weighted by Crippen LogP contribution is 2.12. The Morgan fingerprint density at radius 2 is 1.27 bits per heavy atom. The summed E-state index contributed by atoms with van der Waals surface area (Å²) >= 11 is 0. The normalized spacial score (nSPS) is 12.3. The highest BCUT2D eigenvalue weighted by Gasteiger charge is 2.15. The molecule has 6 nitrogen and oxygen atoms in total. The van der Waals surface area contributed by atoms with E-state index in [1.807, 2.05) is 0 Å². The number of nitrogens with one attached hydrogen (secondary N) is 1. The summed E-state index contributed by atoms with van der Waals surface area (Å²) in [6.07, 6.45) is 17.0. The molecule has 0 rings (SSSR count). The molecule has 0 atom stereocenters. The molecule has 0 aliphatic heterocycles.